The van der Waals surface area contributed by atoms with E-state index in [0.717, 1.165) is 23.9 Å². The maximum absolute atomic E-state index is 13.6. The number of nitrogens with zero attached hydrogens (tertiary/aromatic N) is 1. The first-order valence-corrected chi connectivity index (χ1v) is 6.79. The van der Waals surface area contributed by atoms with Gasteiger partial charge in [0.05, 0.1) is 6.04 Å². The van der Waals surface area contributed by atoms with Crippen LogP contribution in [0.1, 0.15) is 18.4 Å². The Morgan fingerprint density at radius 1 is 1.61 bits per heavy atom. The lowest BCUT2D eigenvalue weighted by Gasteiger charge is -2.21. The van der Waals surface area contributed by atoms with Gasteiger partial charge >= 0.3 is 0 Å². The Kier molecular flexibility index (Phi) is 4.35. The molecule has 0 bridgehead atoms. The van der Waals surface area contributed by atoms with Gasteiger partial charge in [-0.1, -0.05) is 15.9 Å². The number of rotatable bonds is 3. The predicted octanol–water partition coefficient (Wildman–Crippen LogP) is 2.30. The second kappa shape index (κ2) is 5.80. The fourth-order valence-corrected chi connectivity index (χ4v) is 2.57. The highest BCUT2D eigenvalue weighted by Crippen LogP contribution is 2.18. The molecule has 1 atom stereocenters. The number of likely N-dealkylation sites (N-methyl/N-ethyl adjacent to an activating group) is 1. The largest absolute Gasteiger partial charge is 0.340 e. The number of hydrogen-bond acceptors (Lipinski definition) is 2. The van der Waals surface area contributed by atoms with E-state index in [2.05, 4.69) is 21.2 Å². The van der Waals surface area contributed by atoms with Crippen LogP contribution in [0.2, 0.25) is 0 Å². The quantitative estimate of drug-likeness (QED) is 0.928. The third-order valence-corrected chi connectivity index (χ3v) is 3.64. The Morgan fingerprint density at radius 3 is 3.06 bits per heavy atom. The van der Waals surface area contributed by atoms with Gasteiger partial charge in [0.2, 0.25) is 5.91 Å². The highest BCUT2D eigenvalue weighted by Gasteiger charge is 2.25. The second-order valence-corrected chi connectivity index (χ2v) is 5.49. The Hall–Kier alpha value is -0.940. The minimum atomic E-state index is -0.280. The van der Waals surface area contributed by atoms with Gasteiger partial charge in [-0.05, 0) is 37.6 Å². The molecule has 98 valence electrons. The smallest absolute Gasteiger partial charge is 0.239 e. The third-order valence-electron chi connectivity index (χ3n) is 3.15. The Balaban J connectivity index is 2.03. The molecular weight excluding hydrogens is 299 g/mol. The van der Waals surface area contributed by atoms with Gasteiger partial charge in [-0.25, -0.2) is 4.39 Å². The number of carbonyl (C=O) groups is 1. The summed E-state index contributed by atoms with van der Waals surface area (Å²) >= 11 is 3.31. The van der Waals surface area contributed by atoms with Gasteiger partial charge in [-0.2, -0.15) is 0 Å². The van der Waals surface area contributed by atoms with E-state index < -0.39 is 0 Å². The van der Waals surface area contributed by atoms with Gasteiger partial charge in [-0.15, -0.1) is 0 Å². The Labute approximate surface area is 114 Å². The first kappa shape index (κ1) is 13.5. The van der Waals surface area contributed by atoms with E-state index in [0.29, 0.717) is 12.1 Å². The normalized spacial score (nSPS) is 18.9. The summed E-state index contributed by atoms with van der Waals surface area (Å²) in [5.41, 5.74) is 0.526. The molecule has 0 radical (unpaired) electrons. The maximum Gasteiger partial charge on any atom is 0.239 e. The molecule has 1 N–H and O–H groups in total. The Morgan fingerprint density at radius 2 is 2.39 bits per heavy atom. The fraction of sp³-hybridized carbons (Fsp3) is 0.462. The van der Waals surface area contributed by atoms with Crippen molar-refractivity contribution in [3.8, 4) is 0 Å². The second-order valence-electron chi connectivity index (χ2n) is 4.58. The number of halogens is 2. The van der Waals surface area contributed by atoms with Gasteiger partial charge in [0, 0.05) is 23.6 Å². The van der Waals surface area contributed by atoms with Crippen molar-refractivity contribution in [2.75, 3.05) is 13.6 Å². The molecule has 18 heavy (non-hydrogen) atoms. The van der Waals surface area contributed by atoms with E-state index in [9.17, 15) is 9.18 Å². The van der Waals surface area contributed by atoms with E-state index in [4.69, 9.17) is 0 Å². The third kappa shape index (κ3) is 3.09. The van der Waals surface area contributed by atoms with Crippen molar-refractivity contribution in [3.63, 3.8) is 0 Å². The van der Waals surface area contributed by atoms with E-state index >= 15 is 0 Å². The molecule has 1 aromatic carbocycles. The standard InChI is InChI=1S/C13H16BrFN2O/c1-17(13(18)12-3-2-6-16-12)8-9-7-10(14)4-5-11(9)15/h4-5,7,12,16H,2-3,6,8H2,1H3. The van der Waals surface area contributed by atoms with E-state index in [-0.39, 0.29) is 17.8 Å². The van der Waals surface area contributed by atoms with Crippen molar-refractivity contribution in [2.24, 2.45) is 0 Å². The summed E-state index contributed by atoms with van der Waals surface area (Å²) in [5, 5.41) is 3.15. The molecule has 1 fully saturated rings. The zero-order valence-electron chi connectivity index (χ0n) is 10.2. The first-order valence-electron chi connectivity index (χ1n) is 6.00. The minimum absolute atomic E-state index is 0.0341. The van der Waals surface area contributed by atoms with Gasteiger partial charge in [0.25, 0.3) is 0 Å². The monoisotopic (exact) mass is 314 g/mol. The van der Waals surface area contributed by atoms with Gasteiger partial charge < -0.3 is 10.2 Å². The van der Waals surface area contributed by atoms with Crippen LogP contribution < -0.4 is 5.32 Å². The van der Waals surface area contributed by atoms with E-state index in [1.165, 1.54) is 6.07 Å². The van der Waals surface area contributed by atoms with E-state index in [1.54, 1.807) is 24.1 Å². The molecule has 1 unspecified atom stereocenters. The summed E-state index contributed by atoms with van der Waals surface area (Å²) in [7, 11) is 1.71. The molecule has 1 aromatic rings. The summed E-state index contributed by atoms with van der Waals surface area (Å²) in [6.07, 6.45) is 1.89. The number of amides is 1. The van der Waals surface area contributed by atoms with Crippen LogP contribution >= 0.6 is 15.9 Å². The molecule has 0 spiro atoms. The average molecular weight is 315 g/mol. The summed E-state index contributed by atoms with van der Waals surface area (Å²) in [5.74, 6) is -0.246. The van der Waals surface area contributed by atoms with Crippen molar-refractivity contribution >= 4 is 21.8 Å². The summed E-state index contributed by atoms with van der Waals surface area (Å²) in [4.78, 5) is 13.7. The average Bonchev–Trinajstić information content (AvgIpc) is 2.86. The lowest BCUT2D eigenvalue weighted by Crippen LogP contribution is -2.41. The zero-order valence-corrected chi connectivity index (χ0v) is 11.8. The molecule has 1 heterocycles. The highest BCUT2D eigenvalue weighted by molar-refractivity contribution is 9.10. The van der Waals surface area contributed by atoms with Crippen molar-refractivity contribution in [3.05, 3.63) is 34.1 Å². The lowest BCUT2D eigenvalue weighted by atomic mass is 10.1. The van der Waals surface area contributed by atoms with Crippen LogP contribution in [0.15, 0.2) is 22.7 Å². The predicted molar refractivity (Wildman–Crippen MR) is 71.6 cm³/mol. The summed E-state index contributed by atoms with van der Waals surface area (Å²) in [6, 6.07) is 4.66. The van der Waals surface area contributed by atoms with Crippen molar-refractivity contribution < 1.29 is 9.18 Å². The van der Waals surface area contributed by atoms with Gasteiger partial charge in [0.1, 0.15) is 5.82 Å². The molecule has 0 saturated carbocycles. The Bertz CT molecular complexity index is 447. The van der Waals surface area contributed by atoms with Crippen LogP contribution in [0.3, 0.4) is 0 Å². The minimum Gasteiger partial charge on any atom is -0.340 e. The number of carbonyl (C=O) groups excluding carboxylic acids is 1. The number of benzene rings is 1. The van der Waals surface area contributed by atoms with Gasteiger partial charge in [-0.3, -0.25) is 4.79 Å². The molecular formula is C13H16BrFN2O. The fourth-order valence-electron chi connectivity index (χ4n) is 2.16. The molecule has 5 heteroatoms. The first-order chi connectivity index (χ1) is 8.58. The SMILES string of the molecule is CN(Cc1cc(Br)ccc1F)C(=O)C1CCCN1. The molecule has 1 aliphatic heterocycles. The van der Waals surface area contributed by atoms with Gasteiger partial charge in [0.15, 0.2) is 0 Å². The highest BCUT2D eigenvalue weighted by atomic mass is 79.9. The van der Waals surface area contributed by atoms with Crippen LogP contribution in [0.25, 0.3) is 0 Å². The topological polar surface area (TPSA) is 32.3 Å². The molecule has 0 aromatic heterocycles. The lowest BCUT2D eigenvalue weighted by molar-refractivity contribution is -0.132. The van der Waals surface area contributed by atoms with Crippen molar-refractivity contribution in [2.45, 2.75) is 25.4 Å². The molecule has 1 amide bonds. The van der Waals surface area contributed by atoms with Crippen LogP contribution in [0, 0.1) is 5.82 Å². The molecule has 0 aliphatic carbocycles. The van der Waals surface area contributed by atoms with E-state index in [1.807, 2.05) is 0 Å². The van der Waals surface area contributed by atoms with Crippen LogP contribution in [-0.2, 0) is 11.3 Å². The molecule has 1 aliphatic rings. The van der Waals surface area contributed by atoms with Crippen molar-refractivity contribution in [1.82, 2.24) is 10.2 Å². The van der Waals surface area contributed by atoms with Crippen LogP contribution in [-0.4, -0.2) is 30.4 Å². The molecule has 3 nitrogen and oxygen atoms in total. The number of hydrogen-bond donors (Lipinski definition) is 1. The maximum atomic E-state index is 13.6. The number of nitrogens with one attached hydrogen (secondary N) is 1. The zero-order chi connectivity index (χ0) is 13.1. The van der Waals surface area contributed by atoms with Crippen molar-refractivity contribution in [1.29, 1.82) is 0 Å². The van der Waals surface area contributed by atoms with Crippen LogP contribution in [0.4, 0.5) is 4.39 Å². The van der Waals surface area contributed by atoms with Crippen LogP contribution in [0.5, 0.6) is 0 Å². The summed E-state index contributed by atoms with van der Waals surface area (Å²) < 4.78 is 14.4. The molecule has 2 rings (SSSR count). The molecule has 1 saturated heterocycles. The summed E-state index contributed by atoms with van der Waals surface area (Å²) in [6.45, 7) is 1.18.